The van der Waals surface area contributed by atoms with E-state index in [0.29, 0.717) is 5.92 Å². The van der Waals surface area contributed by atoms with E-state index >= 15 is 0 Å². The van der Waals surface area contributed by atoms with Gasteiger partial charge in [0, 0.05) is 12.4 Å². The molecule has 0 fully saturated rings. The van der Waals surface area contributed by atoms with Crippen molar-refractivity contribution in [3.05, 3.63) is 0 Å². The van der Waals surface area contributed by atoms with E-state index in [9.17, 15) is 0 Å². The molecule has 0 saturated carbocycles. The number of hydrogen-bond donors (Lipinski definition) is 0. The first-order valence-corrected chi connectivity index (χ1v) is 3.32. The van der Waals surface area contributed by atoms with Gasteiger partial charge >= 0.3 is 0 Å². The summed E-state index contributed by atoms with van der Waals surface area (Å²) in [6, 6.07) is 0. The molecule has 0 aliphatic rings. The van der Waals surface area contributed by atoms with Crippen molar-refractivity contribution in [2.75, 3.05) is 0 Å². The maximum atomic E-state index is 3.81. The summed E-state index contributed by atoms with van der Waals surface area (Å²) in [7, 11) is 0. The van der Waals surface area contributed by atoms with Gasteiger partial charge in [-0.15, -0.1) is 0 Å². The van der Waals surface area contributed by atoms with Crippen LogP contribution in [0.5, 0.6) is 0 Å². The number of rotatable bonds is 3. The topological polar surface area (TPSA) is 24.7 Å². The molecule has 0 rings (SSSR count). The van der Waals surface area contributed by atoms with E-state index in [1.807, 2.05) is 13.1 Å². The van der Waals surface area contributed by atoms with E-state index in [-0.39, 0.29) is 0 Å². The molecule has 0 aromatic rings. The van der Waals surface area contributed by atoms with E-state index in [0.717, 1.165) is 6.42 Å². The summed E-state index contributed by atoms with van der Waals surface area (Å²) >= 11 is 0. The van der Waals surface area contributed by atoms with Crippen LogP contribution < -0.4 is 0 Å². The third-order valence-electron chi connectivity index (χ3n) is 1.15. The molecule has 0 saturated heterocycles. The van der Waals surface area contributed by atoms with E-state index < -0.39 is 0 Å². The molecule has 0 radical (unpaired) electrons. The highest BCUT2D eigenvalue weighted by Gasteiger charge is 1.88. The normalized spacial score (nSPS) is 15.4. The standard InChI is InChI=1S/C7H14N2/c1-4-7(3)6-9-8-5-2/h5-7H,4H2,1-3H3/b8-5-,9-6-/t7-/m1/s1. The Kier molecular flexibility index (Phi) is 5.07. The molecule has 0 spiro atoms. The Labute approximate surface area is 56.7 Å². The second kappa shape index (κ2) is 5.48. The lowest BCUT2D eigenvalue weighted by Gasteiger charge is -1.94. The average molecular weight is 126 g/mol. The van der Waals surface area contributed by atoms with Crippen molar-refractivity contribution in [2.45, 2.75) is 27.2 Å². The van der Waals surface area contributed by atoms with Gasteiger partial charge in [-0.1, -0.05) is 13.8 Å². The Balaban J connectivity index is 3.43. The van der Waals surface area contributed by atoms with Gasteiger partial charge in [0.05, 0.1) is 0 Å². The molecule has 2 nitrogen and oxygen atoms in total. The van der Waals surface area contributed by atoms with Crippen LogP contribution in [0.4, 0.5) is 0 Å². The lowest BCUT2D eigenvalue weighted by molar-refractivity contribution is 0.752. The first-order chi connectivity index (χ1) is 4.31. The molecular formula is C7H14N2. The number of hydrogen-bond acceptors (Lipinski definition) is 2. The second-order valence-corrected chi connectivity index (χ2v) is 2.02. The first-order valence-electron chi connectivity index (χ1n) is 3.32. The van der Waals surface area contributed by atoms with Crippen LogP contribution in [0, 0.1) is 5.92 Å². The molecule has 52 valence electrons. The molecule has 0 unspecified atom stereocenters. The van der Waals surface area contributed by atoms with Crippen LogP contribution >= 0.6 is 0 Å². The zero-order valence-corrected chi connectivity index (χ0v) is 6.33. The van der Waals surface area contributed by atoms with Gasteiger partial charge < -0.3 is 0 Å². The third-order valence-corrected chi connectivity index (χ3v) is 1.15. The molecule has 0 aromatic heterocycles. The predicted molar refractivity (Wildman–Crippen MR) is 42.1 cm³/mol. The van der Waals surface area contributed by atoms with E-state index in [1.165, 1.54) is 0 Å². The fourth-order valence-corrected chi connectivity index (χ4v) is 0.324. The summed E-state index contributed by atoms with van der Waals surface area (Å²) < 4.78 is 0. The van der Waals surface area contributed by atoms with Crippen molar-refractivity contribution < 1.29 is 0 Å². The van der Waals surface area contributed by atoms with E-state index in [2.05, 4.69) is 24.1 Å². The van der Waals surface area contributed by atoms with Gasteiger partial charge in [0.15, 0.2) is 0 Å². The molecular weight excluding hydrogens is 112 g/mol. The lowest BCUT2D eigenvalue weighted by atomic mass is 10.1. The van der Waals surface area contributed by atoms with Crippen LogP contribution in [0.25, 0.3) is 0 Å². The zero-order valence-electron chi connectivity index (χ0n) is 6.33. The van der Waals surface area contributed by atoms with Gasteiger partial charge in [0.1, 0.15) is 0 Å². The summed E-state index contributed by atoms with van der Waals surface area (Å²) in [5.41, 5.74) is 0. The monoisotopic (exact) mass is 126 g/mol. The van der Waals surface area contributed by atoms with Crippen LogP contribution in [-0.4, -0.2) is 12.4 Å². The molecule has 0 aliphatic carbocycles. The fraction of sp³-hybridized carbons (Fsp3) is 0.714. The molecule has 0 aromatic carbocycles. The van der Waals surface area contributed by atoms with Crippen LogP contribution in [-0.2, 0) is 0 Å². The van der Waals surface area contributed by atoms with Crippen molar-refractivity contribution >= 4 is 12.4 Å². The molecule has 0 N–H and O–H groups in total. The van der Waals surface area contributed by atoms with Crippen molar-refractivity contribution in [3.8, 4) is 0 Å². The SMILES string of the molecule is C/C=N\N=C/[C@H](C)CC. The first kappa shape index (κ1) is 8.34. The molecule has 0 heterocycles. The van der Waals surface area contributed by atoms with Gasteiger partial charge in [-0.25, -0.2) is 0 Å². The highest BCUT2D eigenvalue weighted by atomic mass is 15.2. The Bertz CT molecular complexity index is 105. The molecule has 1 atom stereocenters. The van der Waals surface area contributed by atoms with Crippen LogP contribution in [0.2, 0.25) is 0 Å². The Morgan fingerprint density at radius 3 is 2.56 bits per heavy atom. The Morgan fingerprint density at radius 2 is 2.11 bits per heavy atom. The molecule has 2 heteroatoms. The summed E-state index contributed by atoms with van der Waals surface area (Å²) in [5.74, 6) is 0.550. The highest BCUT2D eigenvalue weighted by molar-refractivity contribution is 5.61. The predicted octanol–water partition coefficient (Wildman–Crippen LogP) is 2.11. The van der Waals surface area contributed by atoms with Crippen molar-refractivity contribution in [3.63, 3.8) is 0 Å². The summed E-state index contributed by atoms with van der Waals surface area (Å²) in [4.78, 5) is 0. The average Bonchev–Trinajstić information content (AvgIpc) is 1.89. The summed E-state index contributed by atoms with van der Waals surface area (Å²) in [6.45, 7) is 6.11. The molecule has 0 aliphatic heterocycles. The maximum Gasteiger partial charge on any atom is 0.0298 e. The summed E-state index contributed by atoms with van der Waals surface area (Å²) in [6.07, 6.45) is 4.67. The minimum atomic E-state index is 0.550. The maximum absolute atomic E-state index is 3.81. The Hall–Kier alpha value is -0.660. The number of nitrogens with zero attached hydrogens (tertiary/aromatic N) is 2. The smallest absolute Gasteiger partial charge is 0.0298 e. The van der Waals surface area contributed by atoms with Gasteiger partial charge in [0.25, 0.3) is 0 Å². The lowest BCUT2D eigenvalue weighted by Crippen LogP contribution is -1.90. The van der Waals surface area contributed by atoms with Crippen LogP contribution in [0.15, 0.2) is 10.2 Å². The van der Waals surface area contributed by atoms with Gasteiger partial charge in [0.2, 0.25) is 0 Å². The second-order valence-electron chi connectivity index (χ2n) is 2.02. The highest BCUT2D eigenvalue weighted by Crippen LogP contribution is 1.94. The third kappa shape index (κ3) is 5.21. The summed E-state index contributed by atoms with van der Waals surface area (Å²) in [5, 5.41) is 7.51. The fourth-order valence-electron chi connectivity index (χ4n) is 0.324. The molecule has 9 heavy (non-hydrogen) atoms. The minimum absolute atomic E-state index is 0.550. The van der Waals surface area contributed by atoms with Crippen molar-refractivity contribution in [1.82, 2.24) is 0 Å². The quantitative estimate of drug-likeness (QED) is 0.408. The van der Waals surface area contributed by atoms with Gasteiger partial charge in [-0.2, -0.15) is 10.2 Å². The molecule has 0 amide bonds. The minimum Gasteiger partial charge on any atom is -0.164 e. The Morgan fingerprint density at radius 1 is 1.44 bits per heavy atom. The van der Waals surface area contributed by atoms with Crippen molar-refractivity contribution in [2.24, 2.45) is 16.1 Å². The van der Waals surface area contributed by atoms with Gasteiger partial charge in [-0.3, -0.25) is 0 Å². The van der Waals surface area contributed by atoms with Gasteiger partial charge in [-0.05, 0) is 19.3 Å². The van der Waals surface area contributed by atoms with Crippen LogP contribution in [0.1, 0.15) is 27.2 Å². The van der Waals surface area contributed by atoms with Crippen molar-refractivity contribution in [1.29, 1.82) is 0 Å². The van der Waals surface area contributed by atoms with Crippen LogP contribution in [0.3, 0.4) is 0 Å². The van der Waals surface area contributed by atoms with E-state index in [1.54, 1.807) is 6.21 Å². The van der Waals surface area contributed by atoms with E-state index in [4.69, 9.17) is 0 Å². The largest absolute Gasteiger partial charge is 0.164 e. The molecule has 0 bridgehead atoms. The zero-order chi connectivity index (χ0) is 7.11.